The van der Waals surface area contributed by atoms with Crippen molar-refractivity contribution in [2.45, 2.75) is 25.9 Å². The first-order valence-corrected chi connectivity index (χ1v) is 5.09. The first-order chi connectivity index (χ1) is 8.68. The van der Waals surface area contributed by atoms with E-state index in [1.807, 2.05) is 0 Å². The lowest BCUT2D eigenvalue weighted by Crippen LogP contribution is -2.18. The minimum absolute atomic E-state index is 0.137. The molecular weight excluding hydrogens is 273 g/mol. The summed E-state index contributed by atoms with van der Waals surface area (Å²) in [6.07, 6.45) is -8.61. The molecule has 0 amide bonds. The van der Waals surface area contributed by atoms with Gasteiger partial charge in [-0.05, 0) is 12.5 Å². The Kier molecular flexibility index (Phi) is 4.43. The highest BCUT2D eigenvalue weighted by molar-refractivity contribution is 5.73. The molecule has 0 fully saturated rings. The summed E-state index contributed by atoms with van der Waals surface area (Å²) in [6.45, 7) is 1.21. The van der Waals surface area contributed by atoms with Crippen LogP contribution in [0.3, 0.4) is 0 Å². The maximum absolute atomic E-state index is 12.9. The second-order valence-corrected chi connectivity index (χ2v) is 3.70. The highest BCUT2D eigenvalue weighted by atomic mass is 19.4. The van der Waals surface area contributed by atoms with Crippen LogP contribution in [0.15, 0.2) is 6.20 Å². The fraction of sp³-hybridized carbons (Fsp3) is 0.455. The van der Waals surface area contributed by atoms with Gasteiger partial charge in [0.2, 0.25) is 0 Å². The number of rotatable bonds is 3. The smallest absolute Gasteiger partial charge is 0.417 e. The molecule has 0 saturated heterocycles. The summed E-state index contributed by atoms with van der Waals surface area (Å²) in [5, 5.41) is 0. The van der Waals surface area contributed by atoms with Crippen LogP contribution in [0.4, 0.5) is 22.0 Å². The topological polar surface area (TPSA) is 39.2 Å². The zero-order valence-corrected chi connectivity index (χ0v) is 10.0. The number of alkyl halides is 5. The van der Waals surface area contributed by atoms with E-state index in [2.05, 4.69) is 9.72 Å². The first-order valence-electron chi connectivity index (χ1n) is 5.09. The van der Waals surface area contributed by atoms with Gasteiger partial charge in [-0.25, -0.2) is 8.78 Å². The van der Waals surface area contributed by atoms with Crippen LogP contribution < -0.4 is 0 Å². The second kappa shape index (κ2) is 5.50. The number of carbonyl (C=O) groups is 1. The summed E-state index contributed by atoms with van der Waals surface area (Å²) in [6, 6.07) is 0. The van der Waals surface area contributed by atoms with E-state index in [-0.39, 0.29) is 5.69 Å². The SMILES string of the molecule is COC(=O)Cc1c(C)ncc(C(F)F)c1C(F)(F)F. The minimum Gasteiger partial charge on any atom is -0.469 e. The lowest BCUT2D eigenvalue weighted by molar-refractivity contribution is -0.142. The number of pyridine rings is 1. The van der Waals surface area contributed by atoms with Gasteiger partial charge in [0.05, 0.1) is 19.1 Å². The van der Waals surface area contributed by atoms with Crippen LogP contribution in [-0.4, -0.2) is 18.1 Å². The van der Waals surface area contributed by atoms with E-state index in [0.29, 0.717) is 6.20 Å². The van der Waals surface area contributed by atoms with Gasteiger partial charge in [-0.1, -0.05) is 0 Å². The Hall–Kier alpha value is -1.73. The molecule has 0 atom stereocenters. The normalized spacial score (nSPS) is 11.8. The second-order valence-electron chi connectivity index (χ2n) is 3.70. The molecule has 106 valence electrons. The summed E-state index contributed by atoms with van der Waals surface area (Å²) in [5.74, 6) is -0.957. The molecule has 0 aromatic carbocycles. The predicted molar refractivity (Wildman–Crippen MR) is 54.7 cm³/mol. The Labute approximate surface area is 105 Å². The fourth-order valence-electron chi connectivity index (χ4n) is 1.60. The Bertz CT molecular complexity index is 485. The van der Waals surface area contributed by atoms with E-state index in [0.717, 1.165) is 7.11 Å². The highest BCUT2D eigenvalue weighted by Gasteiger charge is 2.39. The van der Waals surface area contributed by atoms with E-state index in [4.69, 9.17) is 0 Å². The molecule has 0 spiro atoms. The summed E-state index contributed by atoms with van der Waals surface area (Å²) < 4.78 is 68.2. The van der Waals surface area contributed by atoms with Gasteiger partial charge in [0.1, 0.15) is 0 Å². The number of methoxy groups -OCH3 is 1. The largest absolute Gasteiger partial charge is 0.469 e. The maximum atomic E-state index is 12.9. The molecular formula is C11H10F5NO2. The third-order valence-electron chi connectivity index (χ3n) is 2.49. The maximum Gasteiger partial charge on any atom is 0.417 e. The molecule has 1 rings (SSSR count). The molecule has 0 unspecified atom stereocenters. The van der Waals surface area contributed by atoms with Crippen LogP contribution >= 0.6 is 0 Å². The van der Waals surface area contributed by atoms with Gasteiger partial charge in [0.25, 0.3) is 6.43 Å². The van der Waals surface area contributed by atoms with Crippen molar-refractivity contribution in [2.75, 3.05) is 7.11 Å². The van der Waals surface area contributed by atoms with Gasteiger partial charge < -0.3 is 4.74 Å². The van der Waals surface area contributed by atoms with Crippen molar-refractivity contribution in [2.24, 2.45) is 0 Å². The van der Waals surface area contributed by atoms with E-state index >= 15 is 0 Å². The molecule has 0 aliphatic rings. The van der Waals surface area contributed by atoms with Crippen LogP contribution in [0.5, 0.6) is 0 Å². The highest BCUT2D eigenvalue weighted by Crippen LogP contribution is 2.39. The number of ether oxygens (including phenoxy) is 1. The average molecular weight is 283 g/mol. The number of carbonyl (C=O) groups excluding carboxylic acids is 1. The Morgan fingerprint density at radius 3 is 2.42 bits per heavy atom. The van der Waals surface area contributed by atoms with Crippen molar-refractivity contribution in [3.05, 3.63) is 28.6 Å². The number of halogens is 5. The van der Waals surface area contributed by atoms with Crippen LogP contribution in [0.1, 0.15) is 28.8 Å². The summed E-state index contributed by atoms with van der Waals surface area (Å²) in [4.78, 5) is 14.6. The van der Waals surface area contributed by atoms with Crippen molar-refractivity contribution < 1.29 is 31.5 Å². The Morgan fingerprint density at radius 2 is 2.00 bits per heavy atom. The van der Waals surface area contributed by atoms with Gasteiger partial charge in [0, 0.05) is 17.5 Å². The van der Waals surface area contributed by atoms with Crippen molar-refractivity contribution in [1.82, 2.24) is 4.98 Å². The van der Waals surface area contributed by atoms with Crippen molar-refractivity contribution in [3.8, 4) is 0 Å². The molecule has 0 bridgehead atoms. The number of aromatic nitrogens is 1. The fourth-order valence-corrected chi connectivity index (χ4v) is 1.60. The van der Waals surface area contributed by atoms with Crippen molar-refractivity contribution in [1.29, 1.82) is 0 Å². The third kappa shape index (κ3) is 3.39. The number of hydrogen-bond donors (Lipinski definition) is 0. The zero-order valence-electron chi connectivity index (χ0n) is 10.0. The molecule has 0 N–H and O–H groups in total. The number of nitrogens with zero attached hydrogens (tertiary/aromatic N) is 1. The standard InChI is InChI=1S/C11H10F5NO2/c1-5-6(3-8(18)19-2)9(11(14,15)16)7(4-17-5)10(12)13/h4,10H,3H2,1-2H3. The molecule has 0 aliphatic carbocycles. The summed E-state index contributed by atoms with van der Waals surface area (Å²) >= 11 is 0. The van der Waals surface area contributed by atoms with E-state index in [9.17, 15) is 26.7 Å². The number of hydrogen-bond acceptors (Lipinski definition) is 3. The molecule has 19 heavy (non-hydrogen) atoms. The van der Waals surface area contributed by atoms with E-state index < -0.39 is 41.7 Å². The number of esters is 1. The summed E-state index contributed by atoms with van der Waals surface area (Å²) in [5.41, 5.74) is -3.48. The molecule has 0 aliphatic heterocycles. The molecule has 1 aromatic rings. The van der Waals surface area contributed by atoms with Gasteiger partial charge in [-0.15, -0.1) is 0 Å². The Balaban J connectivity index is 3.49. The quantitative estimate of drug-likeness (QED) is 0.632. The predicted octanol–water partition coefficient (Wildman–Crippen LogP) is 3.06. The van der Waals surface area contributed by atoms with Gasteiger partial charge >= 0.3 is 12.1 Å². The molecule has 0 radical (unpaired) electrons. The van der Waals surface area contributed by atoms with Crippen molar-refractivity contribution in [3.63, 3.8) is 0 Å². The zero-order chi connectivity index (χ0) is 14.8. The van der Waals surface area contributed by atoms with Crippen LogP contribution in [0.2, 0.25) is 0 Å². The van der Waals surface area contributed by atoms with Crippen LogP contribution in [0.25, 0.3) is 0 Å². The lowest BCUT2D eigenvalue weighted by Gasteiger charge is -2.17. The monoisotopic (exact) mass is 283 g/mol. The Morgan fingerprint density at radius 1 is 1.42 bits per heavy atom. The average Bonchev–Trinajstić information content (AvgIpc) is 2.29. The van der Waals surface area contributed by atoms with Gasteiger partial charge in [-0.2, -0.15) is 13.2 Å². The van der Waals surface area contributed by atoms with Crippen molar-refractivity contribution >= 4 is 5.97 Å². The molecule has 8 heteroatoms. The molecule has 1 aromatic heterocycles. The third-order valence-corrected chi connectivity index (χ3v) is 2.49. The summed E-state index contributed by atoms with van der Waals surface area (Å²) in [7, 11) is 0.995. The van der Waals surface area contributed by atoms with Gasteiger partial charge in [-0.3, -0.25) is 9.78 Å². The lowest BCUT2D eigenvalue weighted by atomic mass is 9.98. The molecule has 3 nitrogen and oxygen atoms in total. The van der Waals surface area contributed by atoms with Gasteiger partial charge in [0.15, 0.2) is 0 Å². The van der Waals surface area contributed by atoms with E-state index in [1.165, 1.54) is 6.92 Å². The van der Waals surface area contributed by atoms with Crippen LogP contribution in [0, 0.1) is 6.92 Å². The number of aryl methyl sites for hydroxylation is 1. The first kappa shape index (κ1) is 15.3. The molecule has 0 saturated carbocycles. The molecule has 1 heterocycles. The minimum atomic E-state index is -5.00. The van der Waals surface area contributed by atoms with E-state index in [1.54, 1.807) is 0 Å². The van der Waals surface area contributed by atoms with Crippen LogP contribution in [-0.2, 0) is 22.1 Å².